The van der Waals surface area contributed by atoms with E-state index in [-0.39, 0.29) is 12.4 Å². The zero-order valence-electron chi connectivity index (χ0n) is 15.1. The van der Waals surface area contributed by atoms with Crippen LogP contribution in [0.4, 0.5) is 0 Å². The van der Waals surface area contributed by atoms with Crippen molar-refractivity contribution in [3.05, 3.63) is 54.4 Å². The minimum atomic E-state index is 0. The van der Waals surface area contributed by atoms with Gasteiger partial charge in [-0.2, -0.15) is 0 Å². The molecule has 1 saturated heterocycles. The van der Waals surface area contributed by atoms with Gasteiger partial charge >= 0.3 is 0 Å². The Morgan fingerprint density at radius 3 is 2.73 bits per heavy atom. The fourth-order valence-electron chi connectivity index (χ4n) is 4.18. The number of morpholine rings is 1. The Hall–Kier alpha value is -1.46. The van der Waals surface area contributed by atoms with Gasteiger partial charge in [-0.05, 0) is 41.5 Å². The molecule has 2 aromatic rings. The molecule has 4 nitrogen and oxygen atoms in total. The molecule has 2 heterocycles. The third kappa shape index (κ3) is 4.63. The van der Waals surface area contributed by atoms with Crippen LogP contribution in [-0.4, -0.2) is 36.8 Å². The van der Waals surface area contributed by atoms with Crippen LogP contribution in [0.25, 0.3) is 11.1 Å². The van der Waals surface area contributed by atoms with Crippen LogP contribution in [0.3, 0.4) is 0 Å². The number of pyridine rings is 1. The molecule has 0 amide bonds. The highest BCUT2D eigenvalue weighted by Crippen LogP contribution is 2.29. The molecule has 1 saturated carbocycles. The molecule has 140 valence electrons. The number of nitrogens with one attached hydrogen (secondary N) is 2. The lowest BCUT2D eigenvalue weighted by Crippen LogP contribution is -2.50. The molecule has 2 fully saturated rings. The van der Waals surface area contributed by atoms with Crippen LogP contribution in [0.5, 0.6) is 0 Å². The lowest BCUT2D eigenvalue weighted by molar-refractivity contribution is 0.0524. The molecule has 1 aliphatic heterocycles. The Kier molecular flexibility index (Phi) is 7.03. The molecule has 1 aromatic heterocycles. The minimum absolute atomic E-state index is 0. The van der Waals surface area contributed by atoms with E-state index >= 15 is 0 Å². The summed E-state index contributed by atoms with van der Waals surface area (Å²) in [7, 11) is 0. The van der Waals surface area contributed by atoms with Crippen LogP contribution in [0.2, 0.25) is 0 Å². The summed E-state index contributed by atoms with van der Waals surface area (Å²) in [5.41, 5.74) is 3.73. The normalized spacial score (nSPS) is 25.6. The summed E-state index contributed by atoms with van der Waals surface area (Å²) in [6, 6.07) is 14.0. The topological polar surface area (TPSA) is 46.2 Å². The van der Waals surface area contributed by atoms with E-state index in [9.17, 15) is 0 Å². The van der Waals surface area contributed by atoms with Gasteiger partial charge in [-0.15, -0.1) is 12.4 Å². The molecule has 26 heavy (non-hydrogen) atoms. The first kappa shape index (κ1) is 19.3. The first-order chi connectivity index (χ1) is 12.4. The van der Waals surface area contributed by atoms with Gasteiger partial charge in [0.1, 0.15) is 0 Å². The maximum atomic E-state index is 5.67. The molecule has 1 aliphatic carbocycles. The highest BCUT2D eigenvalue weighted by molar-refractivity contribution is 5.85. The SMILES string of the molecule is Cl.c1cncc(-c2ccc(CNC3CCCC3C3COCCN3)cc2)c1. The quantitative estimate of drug-likeness (QED) is 0.843. The predicted molar refractivity (Wildman–Crippen MR) is 107 cm³/mol. The van der Waals surface area contributed by atoms with Gasteiger partial charge in [0.15, 0.2) is 0 Å². The van der Waals surface area contributed by atoms with E-state index in [2.05, 4.69) is 45.9 Å². The smallest absolute Gasteiger partial charge is 0.0623 e. The number of nitrogens with zero attached hydrogens (tertiary/aromatic N) is 1. The van der Waals surface area contributed by atoms with Crippen molar-refractivity contribution >= 4 is 12.4 Å². The Morgan fingerprint density at radius 2 is 2.00 bits per heavy atom. The first-order valence-corrected chi connectivity index (χ1v) is 9.44. The van der Waals surface area contributed by atoms with Gasteiger partial charge in [0, 0.05) is 37.6 Å². The summed E-state index contributed by atoms with van der Waals surface area (Å²) >= 11 is 0. The van der Waals surface area contributed by atoms with Crippen LogP contribution in [0, 0.1) is 5.92 Å². The molecular weight excluding hydrogens is 346 g/mol. The fourth-order valence-corrected chi connectivity index (χ4v) is 4.18. The highest BCUT2D eigenvalue weighted by atomic mass is 35.5. The van der Waals surface area contributed by atoms with E-state index in [1.54, 1.807) is 0 Å². The number of hydrogen-bond acceptors (Lipinski definition) is 4. The maximum Gasteiger partial charge on any atom is 0.0623 e. The molecule has 2 N–H and O–H groups in total. The molecule has 3 atom stereocenters. The predicted octanol–water partition coefficient (Wildman–Crippen LogP) is 3.42. The van der Waals surface area contributed by atoms with Gasteiger partial charge in [-0.25, -0.2) is 0 Å². The summed E-state index contributed by atoms with van der Waals surface area (Å²) in [4.78, 5) is 4.20. The molecule has 3 unspecified atom stereocenters. The van der Waals surface area contributed by atoms with E-state index in [1.807, 2.05) is 18.5 Å². The first-order valence-electron chi connectivity index (χ1n) is 9.44. The summed E-state index contributed by atoms with van der Waals surface area (Å²) < 4.78 is 5.67. The number of hydrogen-bond donors (Lipinski definition) is 2. The standard InChI is InChI=1S/C21H27N3O.ClH/c1-4-19(21-15-25-12-11-23-21)20(5-1)24-13-16-6-8-17(9-7-16)18-3-2-10-22-14-18;/h2-3,6-10,14,19-21,23-24H,1,4-5,11-13,15H2;1H. The van der Waals surface area contributed by atoms with E-state index in [0.717, 1.165) is 26.3 Å². The zero-order chi connectivity index (χ0) is 16.9. The van der Waals surface area contributed by atoms with Crippen LogP contribution < -0.4 is 10.6 Å². The van der Waals surface area contributed by atoms with Gasteiger partial charge in [0.05, 0.1) is 13.2 Å². The molecule has 1 aromatic carbocycles. The molecular formula is C21H28ClN3O. The summed E-state index contributed by atoms with van der Waals surface area (Å²) in [5.74, 6) is 0.690. The highest BCUT2D eigenvalue weighted by Gasteiger charge is 2.34. The zero-order valence-corrected chi connectivity index (χ0v) is 15.9. The van der Waals surface area contributed by atoms with E-state index in [0.29, 0.717) is 18.0 Å². The number of rotatable bonds is 5. The molecule has 0 bridgehead atoms. The second-order valence-electron chi connectivity index (χ2n) is 7.16. The second kappa shape index (κ2) is 9.47. The van der Waals surface area contributed by atoms with Gasteiger partial charge in [0.25, 0.3) is 0 Å². The monoisotopic (exact) mass is 373 g/mol. The summed E-state index contributed by atoms with van der Waals surface area (Å²) in [5, 5.41) is 7.44. The summed E-state index contributed by atoms with van der Waals surface area (Å²) in [6.45, 7) is 3.64. The average Bonchev–Trinajstić information content (AvgIpc) is 3.17. The maximum absolute atomic E-state index is 5.67. The molecule has 2 aliphatic rings. The number of aromatic nitrogens is 1. The van der Waals surface area contributed by atoms with Gasteiger partial charge < -0.3 is 15.4 Å². The Labute approximate surface area is 162 Å². The van der Waals surface area contributed by atoms with Crippen LogP contribution in [0.1, 0.15) is 24.8 Å². The van der Waals surface area contributed by atoms with Crippen LogP contribution in [0.15, 0.2) is 48.8 Å². The van der Waals surface area contributed by atoms with Crippen molar-refractivity contribution in [3.63, 3.8) is 0 Å². The molecule has 4 rings (SSSR count). The second-order valence-corrected chi connectivity index (χ2v) is 7.16. The fraction of sp³-hybridized carbons (Fsp3) is 0.476. The lowest BCUT2D eigenvalue weighted by Gasteiger charge is -2.33. The largest absolute Gasteiger partial charge is 0.379 e. The van der Waals surface area contributed by atoms with Crippen molar-refractivity contribution in [2.24, 2.45) is 5.92 Å². The van der Waals surface area contributed by atoms with E-state index in [1.165, 1.54) is 36.0 Å². The van der Waals surface area contributed by atoms with Gasteiger partial charge in [0.2, 0.25) is 0 Å². The van der Waals surface area contributed by atoms with Crippen LogP contribution in [-0.2, 0) is 11.3 Å². The van der Waals surface area contributed by atoms with Crippen molar-refractivity contribution in [2.45, 2.75) is 37.9 Å². The van der Waals surface area contributed by atoms with Crippen molar-refractivity contribution in [3.8, 4) is 11.1 Å². The van der Waals surface area contributed by atoms with Crippen LogP contribution >= 0.6 is 12.4 Å². The number of ether oxygens (including phenoxy) is 1. The van der Waals surface area contributed by atoms with Crippen molar-refractivity contribution in [1.29, 1.82) is 0 Å². The van der Waals surface area contributed by atoms with Crippen molar-refractivity contribution in [1.82, 2.24) is 15.6 Å². The van der Waals surface area contributed by atoms with E-state index < -0.39 is 0 Å². The van der Waals surface area contributed by atoms with E-state index in [4.69, 9.17) is 4.74 Å². The number of benzene rings is 1. The molecule has 0 radical (unpaired) electrons. The van der Waals surface area contributed by atoms with Gasteiger partial charge in [-0.3, -0.25) is 4.98 Å². The number of halogens is 1. The summed E-state index contributed by atoms with van der Waals surface area (Å²) in [6.07, 6.45) is 7.62. The van der Waals surface area contributed by atoms with Gasteiger partial charge in [-0.1, -0.05) is 36.8 Å². The Balaban J connectivity index is 0.00000196. The Bertz CT molecular complexity index is 659. The third-order valence-corrected chi connectivity index (χ3v) is 5.55. The van der Waals surface area contributed by atoms with Crippen molar-refractivity contribution < 1.29 is 4.74 Å². The third-order valence-electron chi connectivity index (χ3n) is 5.55. The lowest BCUT2D eigenvalue weighted by atomic mass is 9.94. The average molecular weight is 374 g/mol. The Morgan fingerprint density at radius 1 is 1.12 bits per heavy atom. The molecule has 0 spiro atoms. The molecule has 5 heteroatoms. The minimum Gasteiger partial charge on any atom is -0.379 e. The van der Waals surface area contributed by atoms with Crippen molar-refractivity contribution in [2.75, 3.05) is 19.8 Å².